The number of carbonyl (C=O) groups excluding carboxylic acids is 2. The largest absolute Gasteiger partial charge is 0.352 e. The predicted molar refractivity (Wildman–Crippen MR) is 161 cm³/mol. The quantitative estimate of drug-likeness (QED) is 0.291. The lowest BCUT2D eigenvalue weighted by atomic mass is 10.1. The molecule has 1 aliphatic rings. The van der Waals surface area contributed by atoms with Gasteiger partial charge in [0.05, 0.1) is 10.6 Å². The molecule has 0 spiro atoms. The lowest BCUT2D eigenvalue weighted by Gasteiger charge is -2.33. The Morgan fingerprint density at radius 1 is 0.950 bits per heavy atom. The van der Waals surface area contributed by atoms with E-state index in [2.05, 4.69) is 21.2 Å². The van der Waals surface area contributed by atoms with Crippen molar-refractivity contribution in [2.24, 2.45) is 0 Å². The average molecular weight is 627 g/mol. The molecule has 1 fully saturated rings. The fraction of sp³-hybridized carbons (Fsp3) is 0.355. The second-order valence-corrected chi connectivity index (χ2v) is 13.0. The summed E-state index contributed by atoms with van der Waals surface area (Å²) >= 11 is 3.40. The summed E-state index contributed by atoms with van der Waals surface area (Å²) in [7, 11) is -4.08. The van der Waals surface area contributed by atoms with Gasteiger partial charge < -0.3 is 10.2 Å². The number of hydrogen-bond acceptors (Lipinski definition) is 4. The third-order valence-electron chi connectivity index (χ3n) is 7.29. The molecule has 1 saturated carbocycles. The van der Waals surface area contributed by atoms with Crippen LogP contribution in [-0.4, -0.2) is 43.8 Å². The molecule has 0 bridgehead atoms. The molecule has 1 atom stereocenters. The number of sulfonamides is 1. The first kappa shape index (κ1) is 29.8. The van der Waals surface area contributed by atoms with Crippen LogP contribution < -0.4 is 9.62 Å². The summed E-state index contributed by atoms with van der Waals surface area (Å²) < 4.78 is 29.6. The molecule has 4 rings (SSSR count). The number of aryl methyl sites for hydroxylation is 1. The third kappa shape index (κ3) is 7.31. The Morgan fingerprint density at radius 3 is 2.17 bits per heavy atom. The molecule has 0 aromatic heterocycles. The van der Waals surface area contributed by atoms with Gasteiger partial charge >= 0.3 is 0 Å². The van der Waals surface area contributed by atoms with E-state index < -0.39 is 28.5 Å². The van der Waals surface area contributed by atoms with Gasteiger partial charge in [0.2, 0.25) is 11.8 Å². The van der Waals surface area contributed by atoms with E-state index >= 15 is 0 Å². The van der Waals surface area contributed by atoms with Crippen LogP contribution in [0, 0.1) is 6.92 Å². The van der Waals surface area contributed by atoms with Gasteiger partial charge in [-0.05, 0) is 68.1 Å². The molecular weight excluding hydrogens is 590 g/mol. The van der Waals surface area contributed by atoms with Crippen molar-refractivity contribution in [3.8, 4) is 0 Å². The molecule has 0 unspecified atom stereocenters. The van der Waals surface area contributed by atoms with Crippen molar-refractivity contribution in [3.63, 3.8) is 0 Å². The number of halogens is 1. The van der Waals surface area contributed by atoms with Crippen LogP contribution in [0.5, 0.6) is 0 Å². The lowest BCUT2D eigenvalue weighted by Crippen LogP contribution is -2.53. The van der Waals surface area contributed by atoms with E-state index in [-0.39, 0.29) is 23.4 Å². The minimum atomic E-state index is -4.08. The molecule has 40 heavy (non-hydrogen) atoms. The van der Waals surface area contributed by atoms with Crippen molar-refractivity contribution >= 4 is 43.5 Å². The molecule has 3 aromatic carbocycles. The van der Waals surface area contributed by atoms with Crippen molar-refractivity contribution in [1.82, 2.24) is 10.2 Å². The standard InChI is InChI=1S/C31H36BrN3O4S/c1-3-29(31(37)33-26-9-7-8-10-26)34(21-24-15-13-23(2)14-16-24)30(36)22-35(27-19-17-25(32)18-20-27)40(38,39)28-11-5-4-6-12-28/h4-6,11-20,26,29H,3,7-10,21-22H2,1-2H3,(H,33,37)/t29-/m0/s1. The van der Waals surface area contributed by atoms with Gasteiger partial charge in [0.15, 0.2) is 0 Å². The van der Waals surface area contributed by atoms with E-state index in [1.165, 1.54) is 17.0 Å². The number of benzene rings is 3. The Labute approximate surface area is 245 Å². The number of nitrogens with one attached hydrogen (secondary N) is 1. The Balaban J connectivity index is 1.69. The van der Waals surface area contributed by atoms with Crippen LogP contribution in [0.3, 0.4) is 0 Å². The summed E-state index contributed by atoms with van der Waals surface area (Å²) in [6, 6.07) is 22.0. The summed E-state index contributed by atoms with van der Waals surface area (Å²) in [5.74, 6) is -0.646. The smallest absolute Gasteiger partial charge is 0.264 e. The zero-order valence-corrected chi connectivity index (χ0v) is 25.3. The van der Waals surface area contributed by atoms with Gasteiger partial charge in [0, 0.05) is 17.1 Å². The normalized spacial score (nSPS) is 14.5. The number of amides is 2. The molecule has 1 aliphatic carbocycles. The molecule has 0 saturated heterocycles. The third-order valence-corrected chi connectivity index (χ3v) is 9.60. The number of nitrogens with zero attached hydrogens (tertiary/aromatic N) is 2. The minimum absolute atomic E-state index is 0.0850. The van der Waals surface area contributed by atoms with Crippen molar-refractivity contribution in [2.45, 2.75) is 69.5 Å². The van der Waals surface area contributed by atoms with Crippen LogP contribution in [0.2, 0.25) is 0 Å². The highest BCUT2D eigenvalue weighted by Crippen LogP contribution is 2.26. The van der Waals surface area contributed by atoms with Crippen LogP contribution in [0.1, 0.15) is 50.2 Å². The van der Waals surface area contributed by atoms with Gasteiger partial charge in [0.25, 0.3) is 10.0 Å². The van der Waals surface area contributed by atoms with Crippen LogP contribution in [0.4, 0.5) is 5.69 Å². The number of rotatable bonds is 11. The summed E-state index contributed by atoms with van der Waals surface area (Å²) in [4.78, 5) is 29.2. The summed E-state index contributed by atoms with van der Waals surface area (Å²) in [6.45, 7) is 3.61. The van der Waals surface area contributed by atoms with E-state index in [9.17, 15) is 18.0 Å². The van der Waals surface area contributed by atoms with Crippen molar-refractivity contribution < 1.29 is 18.0 Å². The van der Waals surface area contributed by atoms with Crippen molar-refractivity contribution in [2.75, 3.05) is 10.8 Å². The lowest BCUT2D eigenvalue weighted by molar-refractivity contribution is -0.140. The molecule has 0 aliphatic heterocycles. The Bertz CT molecular complexity index is 1390. The molecule has 7 nitrogen and oxygen atoms in total. The maximum absolute atomic E-state index is 14.1. The second-order valence-electron chi connectivity index (χ2n) is 10.2. The molecule has 212 valence electrons. The first-order valence-electron chi connectivity index (χ1n) is 13.7. The van der Waals surface area contributed by atoms with Crippen LogP contribution in [0.25, 0.3) is 0 Å². The van der Waals surface area contributed by atoms with Gasteiger partial charge in [-0.2, -0.15) is 0 Å². The van der Waals surface area contributed by atoms with Crippen molar-refractivity contribution in [1.29, 1.82) is 0 Å². The van der Waals surface area contributed by atoms with E-state index in [1.54, 1.807) is 42.5 Å². The summed E-state index contributed by atoms with van der Waals surface area (Å²) in [5, 5.41) is 3.14. The Kier molecular flexibility index (Phi) is 10.0. The minimum Gasteiger partial charge on any atom is -0.352 e. The molecular formula is C31H36BrN3O4S. The monoisotopic (exact) mass is 625 g/mol. The molecule has 3 aromatic rings. The Morgan fingerprint density at radius 2 is 1.57 bits per heavy atom. The van der Waals surface area contributed by atoms with Gasteiger partial charge in [0.1, 0.15) is 12.6 Å². The van der Waals surface area contributed by atoms with Gasteiger partial charge in [-0.15, -0.1) is 0 Å². The molecule has 9 heteroatoms. The zero-order valence-electron chi connectivity index (χ0n) is 22.9. The summed E-state index contributed by atoms with van der Waals surface area (Å²) in [5.41, 5.74) is 2.31. The highest BCUT2D eigenvalue weighted by molar-refractivity contribution is 9.10. The summed E-state index contributed by atoms with van der Waals surface area (Å²) in [6.07, 6.45) is 4.42. The van der Waals surface area contributed by atoms with Crippen LogP contribution in [0.15, 0.2) is 88.2 Å². The van der Waals surface area contributed by atoms with Crippen molar-refractivity contribution in [3.05, 3.63) is 94.5 Å². The maximum atomic E-state index is 14.1. The van der Waals surface area contributed by atoms with E-state index in [0.717, 1.165) is 45.6 Å². The molecule has 2 amide bonds. The molecule has 1 N–H and O–H groups in total. The first-order chi connectivity index (χ1) is 19.2. The van der Waals surface area contributed by atoms with Gasteiger partial charge in [-0.3, -0.25) is 13.9 Å². The fourth-order valence-corrected chi connectivity index (χ4v) is 6.73. The molecule has 0 heterocycles. The van der Waals surface area contributed by atoms with Gasteiger partial charge in [-0.1, -0.05) is 83.7 Å². The number of carbonyl (C=O) groups is 2. The van der Waals surface area contributed by atoms with Gasteiger partial charge in [-0.25, -0.2) is 8.42 Å². The highest BCUT2D eigenvalue weighted by atomic mass is 79.9. The van der Waals surface area contributed by atoms with Crippen LogP contribution >= 0.6 is 15.9 Å². The fourth-order valence-electron chi connectivity index (χ4n) is 5.03. The zero-order chi connectivity index (χ0) is 28.7. The highest BCUT2D eigenvalue weighted by Gasteiger charge is 2.34. The number of anilines is 1. The predicted octanol–water partition coefficient (Wildman–Crippen LogP) is 5.82. The van der Waals surface area contributed by atoms with E-state index in [4.69, 9.17) is 0 Å². The molecule has 0 radical (unpaired) electrons. The first-order valence-corrected chi connectivity index (χ1v) is 15.9. The SMILES string of the molecule is CC[C@@H](C(=O)NC1CCCC1)N(Cc1ccc(C)cc1)C(=O)CN(c1ccc(Br)cc1)S(=O)(=O)c1ccccc1. The van der Waals surface area contributed by atoms with Crippen LogP contribution in [-0.2, 0) is 26.2 Å². The topological polar surface area (TPSA) is 86.8 Å². The maximum Gasteiger partial charge on any atom is 0.264 e. The Hall–Kier alpha value is -3.17. The second kappa shape index (κ2) is 13.5. The number of hydrogen-bond donors (Lipinski definition) is 1. The average Bonchev–Trinajstić information content (AvgIpc) is 3.46. The van der Waals surface area contributed by atoms with E-state index in [0.29, 0.717) is 12.1 Å². The van der Waals surface area contributed by atoms with E-state index in [1.807, 2.05) is 38.1 Å².